The fourth-order valence-electron chi connectivity index (χ4n) is 4.59. The van der Waals surface area contributed by atoms with Crippen LogP contribution in [0.25, 0.3) is 0 Å². The maximum Gasteiger partial charge on any atom is 0.230 e. The lowest BCUT2D eigenvalue weighted by atomic mass is 10.1. The normalized spacial score (nSPS) is 15.7. The van der Waals surface area contributed by atoms with Gasteiger partial charge < -0.3 is 24.6 Å². The number of rotatable bonds is 10. The van der Waals surface area contributed by atoms with Gasteiger partial charge in [0.05, 0.1) is 39.8 Å². The highest BCUT2D eigenvalue weighted by Gasteiger charge is 2.28. The number of likely N-dealkylation sites (tertiary alicyclic amines) is 1. The number of morpholine rings is 1. The summed E-state index contributed by atoms with van der Waals surface area (Å²) in [5.74, 6) is 2.08. The lowest BCUT2D eigenvalue weighted by Gasteiger charge is -2.29. The molecule has 5 rings (SSSR count). The highest BCUT2D eigenvalue weighted by molar-refractivity contribution is 6.05. The van der Waals surface area contributed by atoms with Crippen molar-refractivity contribution in [2.24, 2.45) is 0 Å². The summed E-state index contributed by atoms with van der Waals surface area (Å²) in [4.78, 5) is 41.6. The fourth-order valence-corrected chi connectivity index (χ4v) is 4.59. The lowest BCUT2D eigenvalue weighted by molar-refractivity contribution is -0.128. The monoisotopic (exact) mass is 516 g/mol. The average Bonchev–Trinajstić information content (AvgIpc) is 3.27. The van der Waals surface area contributed by atoms with E-state index in [4.69, 9.17) is 9.47 Å². The van der Waals surface area contributed by atoms with Crippen molar-refractivity contribution < 1.29 is 19.1 Å². The molecule has 0 aliphatic carbocycles. The molecule has 2 aliphatic rings. The molecule has 0 bridgehead atoms. The highest BCUT2D eigenvalue weighted by Crippen LogP contribution is 2.19. The van der Waals surface area contributed by atoms with Crippen LogP contribution < -0.4 is 15.0 Å². The molecule has 2 aliphatic heterocycles. The van der Waals surface area contributed by atoms with Gasteiger partial charge in [0, 0.05) is 31.7 Å². The van der Waals surface area contributed by atoms with Gasteiger partial charge in [0.15, 0.2) is 11.6 Å². The Hall–Kier alpha value is -4.05. The number of nitrogens with zero attached hydrogens (tertiary/aromatic N) is 5. The van der Waals surface area contributed by atoms with Crippen LogP contribution in [0.2, 0.25) is 0 Å². The van der Waals surface area contributed by atoms with E-state index in [0.717, 1.165) is 44.0 Å². The van der Waals surface area contributed by atoms with Crippen LogP contribution >= 0.6 is 0 Å². The Balaban J connectivity index is 1.30. The first kappa shape index (κ1) is 25.6. The van der Waals surface area contributed by atoms with E-state index in [0.29, 0.717) is 30.6 Å². The Morgan fingerprint density at radius 2 is 1.74 bits per heavy atom. The summed E-state index contributed by atoms with van der Waals surface area (Å²) in [6.45, 7) is 4.08. The van der Waals surface area contributed by atoms with E-state index in [9.17, 15) is 9.59 Å². The van der Waals surface area contributed by atoms with Crippen LogP contribution in [0.3, 0.4) is 0 Å². The summed E-state index contributed by atoms with van der Waals surface area (Å²) in [5.41, 5.74) is 3.44. The van der Waals surface area contributed by atoms with Crippen LogP contribution in [0.1, 0.15) is 29.2 Å². The first-order valence-electron chi connectivity index (χ1n) is 12.9. The summed E-state index contributed by atoms with van der Waals surface area (Å²) in [6, 6.07) is 16.3. The van der Waals surface area contributed by atoms with Crippen molar-refractivity contribution in [3.8, 4) is 5.75 Å². The number of ketones is 1. The predicted molar refractivity (Wildman–Crippen MR) is 142 cm³/mol. The predicted octanol–water partition coefficient (Wildman–Crippen LogP) is 2.42. The van der Waals surface area contributed by atoms with Gasteiger partial charge in [-0.25, -0.2) is 4.98 Å². The number of carbonyl (C=O) groups excluding carboxylic acids is 2. The van der Waals surface area contributed by atoms with E-state index in [-0.39, 0.29) is 31.2 Å². The molecule has 1 amide bonds. The minimum atomic E-state index is -0.190. The number of amides is 1. The van der Waals surface area contributed by atoms with Gasteiger partial charge in [-0.3, -0.25) is 9.59 Å². The Morgan fingerprint density at radius 3 is 2.47 bits per heavy atom. The molecule has 0 saturated carbocycles. The van der Waals surface area contributed by atoms with Gasteiger partial charge >= 0.3 is 0 Å². The van der Waals surface area contributed by atoms with Crippen molar-refractivity contribution in [2.45, 2.75) is 32.4 Å². The highest BCUT2D eigenvalue weighted by atomic mass is 16.5. The molecule has 0 radical (unpaired) electrons. The first-order valence-corrected chi connectivity index (χ1v) is 12.9. The molecule has 10 nitrogen and oxygen atoms in total. The SMILES string of the molecule is COc1ccc(CNc2nc(CCc3cccc(N4CCOCC4)c3)nc(CN3CC(=O)CC3=O)n2)cc1. The third-order valence-electron chi connectivity index (χ3n) is 6.66. The Bertz CT molecular complexity index is 1280. The van der Waals surface area contributed by atoms with Gasteiger partial charge in [0.2, 0.25) is 11.9 Å². The maximum absolute atomic E-state index is 12.2. The van der Waals surface area contributed by atoms with E-state index in [1.807, 2.05) is 24.3 Å². The molecule has 0 atom stereocenters. The molecule has 2 fully saturated rings. The number of anilines is 2. The van der Waals surface area contributed by atoms with Gasteiger partial charge in [-0.1, -0.05) is 24.3 Å². The summed E-state index contributed by atoms with van der Waals surface area (Å²) >= 11 is 0. The van der Waals surface area contributed by atoms with E-state index < -0.39 is 0 Å². The van der Waals surface area contributed by atoms with Crippen LogP contribution in [0.15, 0.2) is 48.5 Å². The van der Waals surface area contributed by atoms with Crippen molar-refractivity contribution in [3.63, 3.8) is 0 Å². The van der Waals surface area contributed by atoms with E-state index in [2.05, 4.69) is 49.4 Å². The summed E-state index contributed by atoms with van der Waals surface area (Å²) < 4.78 is 10.7. The second-order valence-electron chi connectivity index (χ2n) is 9.43. The number of nitrogens with one attached hydrogen (secondary N) is 1. The van der Waals surface area contributed by atoms with Crippen molar-refractivity contribution in [3.05, 3.63) is 71.3 Å². The zero-order valence-corrected chi connectivity index (χ0v) is 21.6. The molecule has 0 unspecified atom stereocenters. The van der Waals surface area contributed by atoms with Crippen molar-refractivity contribution in [1.29, 1.82) is 0 Å². The van der Waals surface area contributed by atoms with Crippen LogP contribution in [0.5, 0.6) is 5.75 Å². The third kappa shape index (κ3) is 6.63. The number of methoxy groups -OCH3 is 1. The second kappa shape index (κ2) is 12.0. The van der Waals surface area contributed by atoms with Crippen LogP contribution in [-0.2, 0) is 40.3 Å². The second-order valence-corrected chi connectivity index (χ2v) is 9.43. The summed E-state index contributed by atoms with van der Waals surface area (Å²) in [7, 11) is 1.64. The molecule has 38 heavy (non-hydrogen) atoms. The molecular formula is C28H32N6O4. The number of aromatic nitrogens is 3. The lowest BCUT2D eigenvalue weighted by Crippen LogP contribution is -2.36. The molecule has 1 aromatic heterocycles. The molecule has 2 saturated heterocycles. The zero-order valence-electron chi connectivity index (χ0n) is 21.6. The Morgan fingerprint density at radius 1 is 0.947 bits per heavy atom. The molecule has 3 aromatic rings. The molecule has 10 heteroatoms. The minimum Gasteiger partial charge on any atom is -0.497 e. The van der Waals surface area contributed by atoms with Gasteiger partial charge in [-0.05, 0) is 41.8 Å². The molecule has 1 N–H and O–H groups in total. The molecule has 198 valence electrons. The number of benzene rings is 2. The number of hydrogen-bond donors (Lipinski definition) is 1. The maximum atomic E-state index is 12.2. The number of aryl methyl sites for hydroxylation is 2. The van der Waals surface area contributed by atoms with E-state index >= 15 is 0 Å². The fraction of sp³-hybridized carbons (Fsp3) is 0.393. The number of carbonyl (C=O) groups is 2. The van der Waals surface area contributed by atoms with Crippen LogP contribution in [0.4, 0.5) is 11.6 Å². The molecule has 3 heterocycles. The molecule has 2 aromatic carbocycles. The number of hydrogen-bond acceptors (Lipinski definition) is 9. The Labute approximate surface area is 222 Å². The number of ether oxygens (including phenoxy) is 2. The van der Waals surface area contributed by atoms with Crippen molar-refractivity contribution in [2.75, 3.05) is 50.2 Å². The summed E-state index contributed by atoms with van der Waals surface area (Å²) in [6.07, 6.45) is 1.33. The largest absolute Gasteiger partial charge is 0.497 e. The third-order valence-corrected chi connectivity index (χ3v) is 6.66. The number of Topliss-reactive ketones (excluding diaryl/α,β-unsaturated/α-hetero) is 1. The van der Waals surface area contributed by atoms with Gasteiger partial charge in [-0.15, -0.1) is 0 Å². The van der Waals surface area contributed by atoms with E-state index in [1.54, 1.807) is 7.11 Å². The smallest absolute Gasteiger partial charge is 0.230 e. The van der Waals surface area contributed by atoms with E-state index in [1.165, 1.54) is 16.2 Å². The zero-order chi connectivity index (χ0) is 26.3. The Kier molecular flexibility index (Phi) is 8.08. The van der Waals surface area contributed by atoms with Gasteiger partial charge in [-0.2, -0.15) is 9.97 Å². The standard InChI is InChI=1S/C28H32N6O4/c1-37-24-8-5-21(6-9-24)17-29-28-31-25(30-26(32-28)19-34-18-23(35)16-27(34)36)10-7-20-3-2-4-22(15-20)33-11-13-38-14-12-33/h2-6,8-9,15H,7,10-14,16-19H2,1H3,(H,29,30,31,32). The van der Waals surface area contributed by atoms with Crippen LogP contribution in [-0.4, -0.2) is 71.5 Å². The first-order chi connectivity index (χ1) is 18.6. The van der Waals surface area contributed by atoms with Gasteiger partial charge in [0.25, 0.3) is 0 Å². The van der Waals surface area contributed by atoms with Crippen molar-refractivity contribution >= 4 is 23.3 Å². The molecule has 0 spiro atoms. The minimum absolute atomic E-state index is 0.0556. The van der Waals surface area contributed by atoms with Gasteiger partial charge in [0.1, 0.15) is 11.6 Å². The van der Waals surface area contributed by atoms with Crippen molar-refractivity contribution in [1.82, 2.24) is 19.9 Å². The quantitative estimate of drug-likeness (QED) is 0.406. The summed E-state index contributed by atoms with van der Waals surface area (Å²) in [5, 5.41) is 3.28. The molecular weight excluding hydrogens is 484 g/mol. The van der Waals surface area contributed by atoms with Crippen LogP contribution in [0, 0.1) is 0 Å². The topological polar surface area (TPSA) is 110 Å². The average molecular weight is 517 g/mol.